The summed E-state index contributed by atoms with van der Waals surface area (Å²) in [6, 6.07) is 1.72. The maximum atomic E-state index is 12.2. The molecule has 90 valence electrons. The summed E-state index contributed by atoms with van der Waals surface area (Å²) in [6.07, 6.45) is 4.65. The van der Waals surface area contributed by atoms with Gasteiger partial charge in [-0.25, -0.2) is 0 Å². The standard InChI is InChI=1S/C13H15NO2S/c15-11-5-3-1-2-4-10(11)14-8-12-9(13(14)16)6-7-17-12/h6-7,10H,1-5,8H2/t10-/m0/s1. The molecule has 1 aliphatic heterocycles. The van der Waals surface area contributed by atoms with Gasteiger partial charge in [0, 0.05) is 11.3 Å². The first-order valence-corrected chi connectivity index (χ1v) is 7.05. The molecule has 0 spiro atoms. The molecule has 0 bridgehead atoms. The molecule has 0 unspecified atom stereocenters. The van der Waals surface area contributed by atoms with E-state index in [2.05, 4.69) is 0 Å². The zero-order valence-electron chi connectivity index (χ0n) is 9.65. The Balaban J connectivity index is 1.84. The van der Waals surface area contributed by atoms with Crippen LogP contribution >= 0.6 is 11.3 Å². The summed E-state index contributed by atoms with van der Waals surface area (Å²) in [6.45, 7) is 0.641. The molecule has 1 aliphatic carbocycles. The molecule has 1 saturated carbocycles. The quantitative estimate of drug-likeness (QED) is 0.717. The van der Waals surface area contributed by atoms with E-state index < -0.39 is 0 Å². The second-order valence-corrected chi connectivity index (χ2v) is 5.77. The molecule has 3 rings (SSSR count). The molecule has 1 atom stereocenters. The number of rotatable bonds is 1. The summed E-state index contributed by atoms with van der Waals surface area (Å²) in [5, 5.41) is 1.95. The average molecular weight is 249 g/mol. The first kappa shape index (κ1) is 11.0. The van der Waals surface area contributed by atoms with E-state index in [0.29, 0.717) is 13.0 Å². The van der Waals surface area contributed by atoms with Crippen LogP contribution in [0.5, 0.6) is 0 Å². The number of fused-ring (bicyclic) bond motifs is 1. The highest BCUT2D eigenvalue weighted by atomic mass is 32.1. The van der Waals surface area contributed by atoms with Crippen LogP contribution in [0.15, 0.2) is 11.4 Å². The monoisotopic (exact) mass is 249 g/mol. The minimum absolute atomic E-state index is 0.0569. The molecule has 0 saturated heterocycles. The van der Waals surface area contributed by atoms with Crippen molar-refractivity contribution < 1.29 is 9.59 Å². The summed E-state index contributed by atoms with van der Waals surface area (Å²) in [5.74, 6) is 0.313. The largest absolute Gasteiger partial charge is 0.323 e. The second kappa shape index (κ2) is 4.26. The van der Waals surface area contributed by atoms with Gasteiger partial charge in [-0.15, -0.1) is 11.3 Å². The summed E-state index contributed by atoms with van der Waals surface area (Å²) in [4.78, 5) is 27.1. The maximum Gasteiger partial charge on any atom is 0.255 e. The molecule has 3 nitrogen and oxygen atoms in total. The Kier molecular flexibility index (Phi) is 2.74. The van der Waals surface area contributed by atoms with Gasteiger partial charge in [0.1, 0.15) is 0 Å². The third-order valence-electron chi connectivity index (χ3n) is 3.70. The molecule has 1 aromatic rings. The fraction of sp³-hybridized carbons (Fsp3) is 0.538. The van der Waals surface area contributed by atoms with Gasteiger partial charge in [-0.1, -0.05) is 12.8 Å². The summed E-state index contributed by atoms with van der Waals surface area (Å²) < 4.78 is 0. The molecule has 0 N–H and O–H groups in total. The Morgan fingerprint density at radius 1 is 1.24 bits per heavy atom. The fourth-order valence-electron chi connectivity index (χ4n) is 2.76. The Labute approximate surface area is 104 Å². The predicted molar refractivity (Wildman–Crippen MR) is 66.1 cm³/mol. The highest BCUT2D eigenvalue weighted by Crippen LogP contribution is 2.31. The van der Waals surface area contributed by atoms with Crippen molar-refractivity contribution >= 4 is 23.0 Å². The van der Waals surface area contributed by atoms with Crippen molar-refractivity contribution in [1.82, 2.24) is 4.90 Å². The third-order valence-corrected chi connectivity index (χ3v) is 4.60. The molecule has 4 heteroatoms. The zero-order chi connectivity index (χ0) is 11.8. The van der Waals surface area contributed by atoms with Gasteiger partial charge in [0.05, 0.1) is 18.2 Å². The number of amides is 1. The smallest absolute Gasteiger partial charge is 0.255 e. The Morgan fingerprint density at radius 3 is 2.94 bits per heavy atom. The van der Waals surface area contributed by atoms with Crippen molar-refractivity contribution in [3.63, 3.8) is 0 Å². The van der Waals surface area contributed by atoms with E-state index in [-0.39, 0.29) is 17.7 Å². The topological polar surface area (TPSA) is 37.4 Å². The van der Waals surface area contributed by atoms with Crippen molar-refractivity contribution in [2.75, 3.05) is 0 Å². The number of hydrogen-bond donors (Lipinski definition) is 0. The number of carbonyl (C=O) groups excluding carboxylic acids is 2. The van der Waals surface area contributed by atoms with E-state index in [1.165, 1.54) is 0 Å². The van der Waals surface area contributed by atoms with Crippen molar-refractivity contribution in [2.24, 2.45) is 0 Å². The number of hydrogen-bond acceptors (Lipinski definition) is 3. The van der Waals surface area contributed by atoms with Crippen LogP contribution in [0.2, 0.25) is 0 Å². The van der Waals surface area contributed by atoms with Crippen molar-refractivity contribution in [1.29, 1.82) is 0 Å². The van der Waals surface area contributed by atoms with Crippen LogP contribution in [-0.4, -0.2) is 22.6 Å². The van der Waals surface area contributed by atoms with E-state index >= 15 is 0 Å². The molecule has 0 aromatic carbocycles. The highest BCUT2D eigenvalue weighted by Gasteiger charge is 2.36. The maximum absolute atomic E-state index is 12.2. The lowest BCUT2D eigenvalue weighted by Gasteiger charge is -2.25. The van der Waals surface area contributed by atoms with E-state index in [9.17, 15) is 9.59 Å². The van der Waals surface area contributed by atoms with E-state index in [1.54, 1.807) is 16.2 Å². The number of Topliss-reactive ketones (excluding diaryl/α,β-unsaturated/α-hetero) is 1. The zero-order valence-corrected chi connectivity index (χ0v) is 10.5. The average Bonchev–Trinajstić information content (AvgIpc) is 2.81. The van der Waals surface area contributed by atoms with Crippen LogP contribution < -0.4 is 0 Å². The normalized spacial score (nSPS) is 24.9. The van der Waals surface area contributed by atoms with Crippen molar-refractivity contribution in [3.05, 3.63) is 21.9 Å². The summed E-state index contributed by atoms with van der Waals surface area (Å²) >= 11 is 1.62. The number of ketones is 1. The van der Waals surface area contributed by atoms with Crippen LogP contribution in [0.4, 0.5) is 0 Å². The Morgan fingerprint density at radius 2 is 2.12 bits per heavy atom. The number of carbonyl (C=O) groups is 2. The molecule has 17 heavy (non-hydrogen) atoms. The van der Waals surface area contributed by atoms with Gasteiger partial charge >= 0.3 is 0 Å². The SMILES string of the molecule is O=C1CCCCC[C@@H]1N1Cc2sccc2C1=O. The van der Waals surface area contributed by atoms with Crippen LogP contribution in [-0.2, 0) is 11.3 Å². The lowest BCUT2D eigenvalue weighted by atomic mass is 10.1. The van der Waals surface area contributed by atoms with Gasteiger partial charge in [-0.2, -0.15) is 0 Å². The van der Waals surface area contributed by atoms with Gasteiger partial charge in [-0.3, -0.25) is 9.59 Å². The molecule has 2 aliphatic rings. The molecular formula is C13H15NO2S. The predicted octanol–water partition coefficient (Wildman–Crippen LogP) is 2.61. The number of nitrogens with zero attached hydrogens (tertiary/aromatic N) is 1. The lowest BCUT2D eigenvalue weighted by molar-refractivity contribution is -0.123. The van der Waals surface area contributed by atoms with Crippen LogP contribution in [0.25, 0.3) is 0 Å². The summed E-state index contributed by atoms with van der Waals surface area (Å²) in [5.41, 5.74) is 0.812. The molecule has 0 radical (unpaired) electrons. The lowest BCUT2D eigenvalue weighted by Crippen LogP contribution is -2.40. The summed E-state index contributed by atoms with van der Waals surface area (Å²) in [7, 11) is 0. The van der Waals surface area contributed by atoms with Gasteiger partial charge in [-0.05, 0) is 24.3 Å². The Bertz CT molecular complexity index is 466. The van der Waals surface area contributed by atoms with Crippen LogP contribution in [0.3, 0.4) is 0 Å². The van der Waals surface area contributed by atoms with Gasteiger partial charge in [0.25, 0.3) is 5.91 Å². The first-order valence-electron chi connectivity index (χ1n) is 6.17. The van der Waals surface area contributed by atoms with E-state index in [4.69, 9.17) is 0 Å². The fourth-order valence-corrected chi connectivity index (χ4v) is 3.62. The number of thiophene rings is 1. The van der Waals surface area contributed by atoms with Crippen molar-refractivity contribution in [2.45, 2.75) is 44.7 Å². The van der Waals surface area contributed by atoms with Crippen LogP contribution in [0, 0.1) is 0 Å². The second-order valence-electron chi connectivity index (χ2n) is 4.77. The third kappa shape index (κ3) is 1.80. The van der Waals surface area contributed by atoms with Gasteiger partial charge < -0.3 is 4.90 Å². The highest BCUT2D eigenvalue weighted by molar-refractivity contribution is 7.10. The van der Waals surface area contributed by atoms with Crippen molar-refractivity contribution in [3.8, 4) is 0 Å². The molecule has 1 aromatic heterocycles. The van der Waals surface area contributed by atoms with Gasteiger partial charge in [0.15, 0.2) is 5.78 Å². The van der Waals surface area contributed by atoms with Gasteiger partial charge in [0.2, 0.25) is 0 Å². The molecule has 1 fully saturated rings. The van der Waals surface area contributed by atoms with E-state index in [0.717, 1.165) is 36.1 Å². The van der Waals surface area contributed by atoms with E-state index in [1.807, 2.05) is 11.4 Å². The molecule has 2 heterocycles. The Hall–Kier alpha value is -1.16. The molecular weight excluding hydrogens is 234 g/mol. The van der Waals surface area contributed by atoms with Crippen LogP contribution in [0.1, 0.15) is 47.3 Å². The minimum atomic E-state index is -0.162. The minimum Gasteiger partial charge on any atom is -0.323 e. The molecule has 1 amide bonds. The first-order chi connectivity index (χ1) is 8.27.